The average Bonchev–Trinajstić information content (AvgIpc) is 3.22. The number of aryl methyl sites for hydroxylation is 1. The van der Waals surface area contributed by atoms with Crippen molar-refractivity contribution < 1.29 is 14.6 Å². The maximum absolute atomic E-state index is 10.5. The highest BCUT2D eigenvalue weighted by Crippen LogP contribution is 2.41. The quantitative estimate of drug-likeness (QED) is 0.253. The van der Waals surface area contributed by atoms with Crippen LogP contribution in [0, 0.1) is 11.8 Å². The summed E-state index contributed by atoms with van der Waals surface area (Å²) in [6.07, 6.45) is 2.36. The first-order valence-corrected chi connectivity index (χ1v) is 12.5. The van der Waals surface area contributed by atoms with Gasteiger partial charge < -0.3 is 14.6 Å². The van der Waals surface area contributed by atoms with Gasteiger partial charge >= 0.3 is 0 Å². The van der Waals surface area contributed by atoms with Crippen molar-refractivity contribution in [3.63, 3.8) is 0 Å². The molecule has 3 aromatic rings. The van der Waals surface area contributed by atoms with Gasteiger partial charge in [0, 0.05) is 29.0 Å². The summed E-state index contributed by atoms with van der Waals surface area (Å²) in [5.41, 5.74) is 5.86. The third kappa shape index (κ3) is 6.21. The van der Waals surface area contributed by atoms with Gasteiger partial charge in [0.15, 0.2) is 0 Å². The molecule has 1 N–H and O–H groups in total. The molecule has 2 aromatic carbocycles. The van der Waals surface area contributed by atoms with Crippen LogP contribution in [-0.4, -0.2) is 28.8 Å². The third-order valence-electron chi connectivity index (χ3n) is 6.32. The van der Waals surface area contributed by atoms with E-state index < -0.39 is 5.60 Å². The van der Waals surface area contributed by atoms with Crippen LogP contribution in [0.4, 0.5) is 0 Å². The minimum atomic E-state index is -0.761. The van der Waals surface area contributed by atoms with E-state index in [1.54, 1.807) is 13.8 Å². The van der Waals surface area contributed by atoms with Crippen molar-refractivity contribution in [2.24, 2.45) is 5.18 Å². The number of rotatable bonds is 10. The summed E-state index contributed by atoms with van der Waals surface area (Å²) in [4.78, 5) is 15.2. The lowest BCUT2D eigenvalue weighted by Crippen LogP contribution is -2.22. The molecule has 184 valence electrons. The van der Waals surface area contributed by atoms with Crippen molar-refractivity contribution in [3.8, 4) is 22.8 Å². The van der Waals surface area contributed by atoms with Gasteiger partial charge in [-0.1, -0.05) is 35.5 Å². The lowest BCUT2D eigenvalue weighted by atomic mass is 9.96. The number of ether oxygens (including phenoxy) is 2. The van der Waals surface area contributed by atoms with Gasteiger partial charge in [0.05, 0.1) is 18.8 Å². The van der Waals surface area contributed by atoms with Crippen LogP contribution < -0.4 is 9.47 Å². The zero-order valence-corrected chi connectivity index (χ0v) is 21.3. The summed E-state index contributed by atoms with van der Waals surface area (Å²) in [5.74, 6) is 1.36. The minimum absolute atomic E-state index is 0.0167. The minimum Gasteiger partial charge on any atom is -0.486 e. The Morgan fingerprint density at radius 2 is 1.91 bits per heavy atom. The van der Waals surface area contributed by atoms with Gasteiger partial charge in [-0.2, -0.15) is 17.5 Å². The second kappa shape index (κ2) is 10.8. The summed E-state index contributed by atoms with van der Waals surface area (Å²) in [5, 5.41) is 12.6. The Bertz CT molecular complexity index is 1170. The summed E-state index contributed by atoms with van der Waals surface area (Å²) in [6.45, 7) is 6.09. The summed E-state index contributed by atoms with van der Waals surface area (Å²) >= 11 is 4.42. The molecule has 0 fully saturated rings. The highest BCUT2D eigenvalue weighted by Gasteiger charge is 2.27. The van der Waals surface area contributed by atoms with Crippen molar-refractivity contribution in [1.82, 2.24) is 4.98 Å². The van der Waals surface area contributed by atoms with E-state index in [1.807, 2.05) is 37.3 Å². The standard InChI is InChI=1S/C28H32N2O4S/c1-18-21(12-14-27(30-18)33-16-15-28(2,3)31)22-5-4-6-24-23(22)11-13-25(24)34-20-9-7-19(8-10-20)26(35)17-29-32/h4-10,12,14,25-26,31,35H,11,13,15-17H2,1-3H3/t25-,26?/m1/s1. The molecule has 1 unspecified atom stereocenters. The highest BCUT2D eigenvalue weighted by atomic mass is 32.1. The largest absolute Gasteiger partial charge is 0.486 e. The number of fused-ring (bicyclic) bond motifs is 1. The van der Waals surface area contributed by atoms with E-state index >= 15 is 0 Å². The van der Waals surface area contributed by atoms with Crippen molar-refractivity contribution in [2.45, 2.75) is 57.0 Å². The molecule has 7 heteroatoms. The zero-order valence-electron chi connectivity index (χ0n) is 20.4. The molecule has 0 saturated carbocycles. The highest BCUT2D eigenvalue weighted by molar-refractivity contribution is 7.80. The van der Waals surface area contributed by atoms with E-state index in [-0.39, 0.29) is 17.9 Å². The van der Waals surface area contributed by atoms with Gasteiger partial charge in [-0.3, -0.25) is 0 Å². The van der Waals surface area contributed by atoms with Gasteiger partial charge in [-0.15, -0.1) is 0 Å². The number of pyridine rings is 1. The van der Waals surface area contributed by atoms with Crippen molar-refractivity contribution in [2.75, 3.05) is 13.2 Å². The molecule has 4 rings (SSSR count). The van der Waals surface area contributed by atoms with Crippen LogP contribution in [0.3, 0.4) is 0 Å². The summed E-state index contributed by atoms with van der Waals surface area (Å²) < 4.78 is 12.1. The fourth-order valence-electron chi connectivity index (χ4n) is 4.41. The Balaban J connectivity index is 1.49. The lowest BCUT2D eigenvalue weighted by molar-refractivity contribution is 0.0547. The first kappa shape index (κ1) is 25.2. The predicted molar refractivity (Wildman–Crippen MR) is 141 cm³/mol. The second-order valence-corrected chi connectivity index (χ2v) is 10.2. The Morgan fingerprint density at radius 1 is 1.14 bits per heavy atom. The van der Waals surface area contributed by atoms with Crippen LogP contribution in [0.1, 0.15) is 60.4 Å². The molecule has 35 heavy (non-hydrogen) atoms. The Kier molecular flexibility index (Phi) is 7.77. The zero-order chi connectivity index (χ0) is 25.0. The van der Waals surface area contributed by atoms with Crippen LogP contribution in [0.5, 0.6) is 11.6 Å². The van der Waals surface area contributed by atoms with E-state index in [4.69, 9.17) is 9.47 Å². The van der Waals surface area contributed by atoms with E-state index in [0.29, 0.717) is 18.9 Å². The van der Waals surface area contributed by atoms with Gasteiger partial charge in [0.1, 0.15) is 11.9 Å². The van der Waals surface area contributed by atoms with Crippen molar-refractivity contribution in [1.29, 1.82) is 0 Å². The third-order valence-corrected chi connectivity index (χ3v) is 6.78. The maximum atomic E-state index is 10.5. The Hall–Kier alpha value is -2.90. The predicted octanol–water partition coefficient (Wildman–Crippen LogP) is 6.40. The number of thiol groups is 1. The fraction of sp³-hybridized carbons (Fsp3) is 0.393. The first-order chi connectivity index (χ1) is 16.7. The molecular weight excluding hydrogens is 460 g/mol. The van der Waals surface area contributed by atoms with Crippen LogP contribution in [0.15, 0.2) is 59.8 Å². The number of hydrogen-bond donors (Lipinski definition) is 2. The maximum Gasteiger partial charge on any atom is 0.213 e. The molecular formula is C28H32N2O4S. The second-order valence-electron chi connectivity index (χ2n) is 9.61. The monoisotopic (exact) mass is 492 g/mol. The molecule has 1 aliphatic carbocycles. The smallest absolute Gasteiger partial charge is 0.213 e. The van der Waals surface area contributed by atoms with Crippen LogP contribution in [0.2, 0.25) is 0 Å². The SMILES string of the molecule is Cc1nc(OCCC(C)(C)O)ccc1-c1cccc2c1CC[C@H]2Oc1ccc(C(S)CN=O)cc1. The van der Waals surface area contributed by atoms with E-state index in [2.05, 4.69) is 47.1 Å². The van der Waals surface area contributed by atoms with Crippen molar-refractivity contribution in [3.05, 3.63) is 81.9 Å². The van der Waals surface area contributed by atoms with Gasteiger partial charge in [-0.25, -0.2) is 4.98 Å². The van der Waals surface area contributed by atoms with E-state index in [0.717, 1.165) is 35.4 Å². The molecule has 0 bridgehead atoms. The van der Waals surface area contributed by atoms with E-state index in [9.17, 15) is 10.0 Å². The number of benzene rings is 2. The van der Waals surface area contributed by atoms with Crippen LogP contribution >= 0.6 is 12.6 Å². The van der Waals surface area contributed by atoms with E-state index in [1.165, 1.54) is 16.7 Å². The average molecular weight is 493 g/mol. The molecule has 1 heterocycles. The van der Waals surface area contributed by atoms with Crippen LogP contribution in [0.25, 0.3) is 11.1 Å². The molecule has 0 saturated heterocycles. The molecule has 0 spiro atoms. The molecule has 6 nitrogen and oxygen atoms in total. The Labute approximate surface area is 212 Å². The number of aliphatic hydroxyl groups is 1. The lowest BCUT2D eigenvalue weighted by Gasteiger charge is -2.18. The molecule has 0 aliphatic heterocycles. The Morgan fingerprint density at radius 3 is 2.60 bits per heavy atom. The number of aromatic nitrogens is 1. The topological polar surface area (TPSA) is 81.0 Å². The number of nitrogens with zero attached hydrogens (tertiary/aromatic N) is 2. The molecule has 0 amide bonds. The van der Waals surface area contributed by atoms with Crippen molar-refractivity contribution >= 4 is 12.6 Å². The summed E-state index contributed by atoms with van der Waals surface area (Å²) in [7, 11) is 0. The van der Waals surface area contributed by atoms with Gasteiger partial charge in [-0.05, 0) is 74.1 Å². The van der Waals surface area contributed by atoms with Crippen LogP contribution in [-0.2, 0) is 6.42 Å². The molecule has 1 aromatic heterocycles. The molecule has 0 radical (unpaired) electrons. The number of hydrogen-bond acceptors (Lipinski definition) is 7. The molecule has 2 atom stereocenters. The fourth-order valence-corrected chi connectivity index (χ4v) is 4.65. The summed E-state index contributed by atoms with van der Waals surface area (Å²) in [6, 6.07) is 18.0. The normalized spacial score (nSPS) is 16.0. The first-order valence-electron chi connectivity index (χ1n) is 11.9. The molecule has 1 aliphatic rings. The number of nitroso groups, excluding NO2 is 1. The van der Waals surface area contributed by atoms with Gasteiger partial charge in [0.25, 0.3) is 0 Å². The van der Waals surface area contributed by atoms with Gasteiger partial charge in [0.2, 0.25) is 5.88 Å².